The molecule has 3 aromatic rings. The summed E-state index contributed by atoms with van der Waals surface area (Å²) in [5, 5.41) is 0.632. The molecule has 0 saturated carbocycles. The summed E-state index contributed by atoms with van der Waals surface area (Å²) in [6, 6.07) is 13.8. The molecule has 1 atom stereocenters. The summed E-state index contributed by atoms with van der Waals surface area (Å²) in [6.45, 7) is 9.09. The van der Waals surface area contributed by atoms with Crippen molar-refractivity contribution in [3.8, 4) is 11.4 Å². The van der Waals surface area contributed by atoms with Gasteiger partial charge in [0.1, 0.15) is 11.4 Å². The standard InChI is InChI=1S/C27H32ClN5O3/c1-27(2,3)36-26(35)32-14-12-31(13-15-32)25(34)18-10-11-33(17-18)19-8-9-21(28)20(16-19)24-29-22-6-4-5-7-23(22)30-24/h4-9,16,18H,10-15,17H2,1-3H3,(H,29,30). The highest BCUT2D eigenvalue weighted by Gasteiger charge is 2.34. The Hall–Kier alpha value is -3.26. The maximum Gasteiger partial charge on any atom is 0.410 e. The Morgan fingerprint density at radius 1 is 1.03 bits per heavy atom. The molecule has 0 radical (unpaired) electrons. The number of ether oxygens (including phenoxy) is 1. The van der Waals surface area contributed by atoms with Gasteiger partial charge in [-0.15, -0.1) is 0 Å². The lowest BCUT2D eigenvalue weighted by Crippen LogP contribution is -2.53. The molecule has 8 nitrogen and oxygen atoms in total. The van der Waals surface area contributed by atoms with Crippen molar-refractivity contribution in [2.45, 2.75) is 32.8 Å². The average molecular weight is 510 g/mol. The van der Waals surface area contributed by atoms with E-state index < -0.39 is 5.60 Å². The molecule has 36 heavy (non-hydrogen) atoms. The molecule has 0 spiro atoms. The minimum atomic E-state index is -0.525. The fraction of sp³-hybridized carbons (Fsp3) is 0.444. The number of imidazole rings is 1. The molecule has 3 heterocycles. The number of rotatable bonds is 3. The number of halogens is 1. The maximum absolute atomic E-state index is 13.3. The van der Waals surface area contributed by atoms with Crippen LogP contribution in [0.3, 0.4) is 0 Å². The van der Waals surface area contributed by atoms with E-state index in [1.54, 1.807) is 4.90 Å². The average Bonchev–Trinajstić information content (AvgIpc) is 3.50. The van der Waals surface area contributed by atoms with E-state index in [1.807, 2.05) is 68.1 Å². The molecule has 5 rings (SSSR count). The van der Waals surface area contributed by atoms with Gasteiger partial charge in [-0.25, -0.2) is 9.78 Å². The van der Waals surface area contributed by atoms with E-state index in [4.69, 9.17) is 21.3 Å². The van der Waals surface area contributed by atoms with Crippen molar-refractivity contribution in [2.75, 3.05) is 44.2 Å². The highest BCUT2D eigenvalue weighted by atomic mass is 35.5. The molecule has 190 valence electrons. The molecule has 2 aliphatic rings. The molecule has 2 aliphatic heterocycles. The molecule has 2 aromatic carbocycles. The number of hydrogen-bond donors (Lipinski definition) is 1. The van der Waals surface area contributed by atoms with E-state index in [-0.39, 0.29) is 17.9 Å². The summed E-state index contributed by atoms with van der Waals surface area (Å²) < 4.78 is 5.46. The first kappa shape index (κ1) is 24.4. The van der Waals surface area contributed by atoms with Gasteiger partial charge < -0.3 is 24.4 Å². The Morgan fingerprint density at radius 3 is 2.47 bits per heavy atom. The summed E-state index contributed by atoms with van der Waals surface area (Å²) in [7, 11) is 0. The van der Waals surface area contributed by atoms with Crippen molar-refractivity contribution < 1.29 is 14.3 Å². The number of para-hydroxylation sites is 2. The molecule has 2 amide bonds. The van der Waals surface area contributed by atoms with Gasteiger partial charge in [0.05, 0.1) is 22.0 Å². The third-order valence-corrected chi connectivity index (χ3v) is 7.07. The number of fused-ring (bicyclic) bond motifs is 1. The van der Waals surface area contributed by atoms with E-state index in [0.29, 0.717) is 37.7 Å². The van der Waals surface area contributed by atoms with Gasteiger partial charge in [0, 0.05) is 50.5 Å². The van der Waals surface area contributed by atoms with Crippen LogP contribution in [0.2, 0.25) is 5.02 Å². The number of nitrogens with zero attached hydrogens (tertiary/aromatic N) is 4. The van der Waals surface area contributed by atoms with Crippen LogP contribution in [0.4, 0.5) is 10.5 Å². The zero-order valence-corrected chi connectivity index (χ0v) is 21.7. The minimum absolute atomic E-state index is 0.0663. The third kappa shape index (κ3) is 5.14. The summed E-state index contributed by atoms with van der Waals surface area (Å²) in [4.78, 5) is 39.4. The molecule has 0 bridgehead atoms. The number of aromatic amines is 1. The van der Waals surface area contributed by atoms with E-state index in [2.05, 4.69) is 9.88 Å². The number of nitrogens with one attached hydrogen (secondary N) is 1. The van der Waals surface area contributed by atoms with Crippen LogP contribution in [-0.2, 0) is 9.53 Å². The summed E-state index contributed by atoms with van der Waals surface area (Å²) in [5.74, 6) is 0.828. The number of piperazine rings is 1. The number of H-pyrrole nitrogens is 1. The van der Waals surface area contributed by atoms with Gasteiger partial charge in [0.25, 0.3) is 0 Å². The zero-order chi connectivity index (χ0) is 25.4. The van der Waals surface area contributed by atoms with E-state index >= 15 is 0 Å². The monoisotopic (exact) mass is 509 g/mol. The lowest BCUT2D eigenvalue weighted by Gasteiger charge is -2.36. The Balaban J connectivity index is 1.22. The molecule has 1 N–H and O–H groups in total. The van der Waals surface area contributed by atoms with Crippen LogP contribution in [0.15, 0.2) is 42.5 Å². The van der Waals surface area contributed by atoms with Crippen LogP contribution in [0, 0.1) is 5.92 Å². The number of amides is 2. The molecular formula is C27H32ClN5O3. The molecule has 1 aromatic heterocycles. The van der Waals surface area contributed by atoms with Gasteiger partial charge in [-0.05, 0) is 57.5 Å². The second-order valence-electron chi connectivity index (χ2n) is 10.5. The number of hydrogen-bond acceptors (Lipinski definition) is 5. The fourth-order valence-corrected chi connectivity index (χ4v) is 5.07. The lowest BCUT2D eigenvalue weighted by atomic mass is 10.1. The van der Waals surface area contributed by atoms with E-state index in [9.17, 15) is 9.59 Å². The molecular weight excluding hydrogens is 478 g/mol. The van der Waals surface area contributed by atoms with Crippen LogP contribution >= 0.6 is 11.6 Å². The first-order valence-corrected chi connectivity index (χ1v) is 12.8. The summed E-state index contributed by atoms with van der Waals surface area (Å²) in [6.07, 6.45) is 0.484. The smallest absolute Gasteiger partial charge is 0.410 e. The Morgan fingerprint density at radius 2 is 1.75 bits per heavy atom. The molecule has 9 heteroatoms. The highest BCUT2D eigenvalue weighted by Crippen LogP contribution is 2.34. The van der Waals surface area contributed by atoms with Gasteiger partial charge in [-0.2, -0.15) is 0 Å². The number of anilines is 1. The van der Waals surface area contributed by atoms with Crippen LogP contribution in [0.25, 0.3) is 22.4 Å². The maximum atomic E-state index is 13.3. The summed E-state index contributed by atoms with van der Waals surface area (Å²) >= 11 is 6.54. The molecule has 2 fully saturated rings. The highest BCUT2D eigenvalue weighted by molar-refractivity contribution is 6.33. The topological polar surface area (TPSA) is 81.8 Å². The Kier molecular flexibility index (Phi) is 6.55. The Labute approximate surface area is 216 Å². The molecule has 1 unspecified atom stereocenters. The predicted octanol–water partition coefficient (Wildman–Crippen LogP) is 4.79. The number of aromatic nitrogens is 2. The quantitative estimate of drug-likeness (QED) is 0.549. The van der Waals surface area contributed by atoms with E-state index in [0.717, 1.165) is 41.1 Å². The first-order valence-electron chi connectivity index (χ1n) is 12.4. The number of benzene rings is 2. The number of carbonyl (C=O) groups is 2. The van der Waals surface area contributed by atoms with Crippen molar-refractivity contribution >= 4 is 40.3 Å². The second-order valence-corrected chi connectivity index (χ2v) is 10.9. The zero-order valence-electron chi connectivity index (χ0n) is 21.0. The molecule has 0 aliphatic carbocycles. The Bertz CT molecular complexity index is 1240. The van der Waals surface area contributed by atoms with Gasteiger partial charge >= 0.3 is 6.09 Å². The van der Waals surface area contributed by atoms with E-state index in [1.165, 1.54) is 0 Å². The van der Waals surface area contributed by atoms with Crippen molar-refractivity contribution in [1.82, 2.24) is 19.8 Å². The lowest BCUT2D eigenvalue weighted by molar-refractivity contribution is -0.136. The van der Waals surface area contributed by atoms with Crippen molar-refractivity contribution in [3.05, 3.63) is 47.5 Å². The molecule has 2 saturated heterocycles. The van der Waals surface area contributed by atoms with Crippen molar-refractivity contribution in [2.24, 2.45) is 5.92 Å². The van der Waals surface area contributed by atoms with Crippen LogP contribution in [-0.4, -0.2) is 76.6 Å². The normalized spacial score (nSPS) is 18.7. The van der Waals surface area contributed by atoms with Gasteiger partial charge in [-0.1, -0.05) is 23.7 Å². The van der Waals surface area contributed by atoms with Crippen molar-refractivity contribution in [3.63, 3.8) is 0 Å². The number of carbonyl (C=O) groups excluding carboxylic acids is 2. The predicted molar refractivity (Wildman–Crippen MR) is 141 cm³/mol. The largest absolute Gasteiger partial charge is 0.444 e. The SMILES string of the molecule is CC(C)(C)OC(=O)N1CCN(C(=O)C2CCN(c3ccc(Cl)c(-c4nc5ccccc5[nH]4)c3)C2)CC1. The fourth-order valence-electron chi connectivity index (χ4n) is 4.86. The van der Waals surface area contributed by atoms with Crippen LogP contribution in [0.1, 0.15) is 27.2 Å². The van der Waals surface area contributed by atoms with Crippen LogP contribution in [0.5, 0.6) is 0 Å². The van der Waals surface area contributed by atoms with Gasteiger partial charge in [0.2, 0.25) is 5.91 Å². The van der Waals surface area contributed by atoms with Crippen molar-refractivity contribution in [1.29, 1.82) is 0 Å². The first-order chi connectivity index (χ1) is 17.2. The van der Waals surface area contributed by atoms with Gasteiger partial charge in [-0.3, -0.25) is 4.79 Å². The summed E-state index contributed by atoms with van der Waals surface area (Å²) in [5.41, 5.74) is 3.21. The van der Waals surface area contributed by atoms with Crippen LogP contribution < -0.4 is 4.90 Å². The minimum Gasteiger partial charge on any atom is -0.444 e. The van der Waals surface area contributed by atoms with Gasteiger partial charge in [0.15, 0.2) is 0 Å². The third-order valence-electron chi connectivity index (χ3n) is 6.74. The second kappa shape index (κ2) is 9.65.